The average Bonchev–Trinajstić information content (AvgIpc) is 2.51. The van der Waals surface area contributed by atoms with Crippen molar-refractivity contribution in [3.63, 3.8) is 0 Å². The number of nitrogens with zero attached hydrogens (tertiary/aromatic N) is 1. The van der Waals surface area contributed by atoms with Gasteiger partial charge in [-0.3, -0.25) is 9.59 Å². The Bertz CT molecular complexity index is 489. The molecule has 0 saturated carbocycles. The smallest absolute Gasteiger partial charge is 0.247 e. The molecule has 6 heteroatoms. The van der Waals surface area contributed by atoms with E-state index in [9.17, 15) is 9.59 Å². The minimum atomic E-state index is -1.16. The molecule has 1 rings (SSSR count). The SMILES string of the molecule is COCCCNC(=O)CN(C)C(=O)C(C)(N)c1ccccc1. The number of likely N-dealkylation sites (N-methyl/N-ethyl adjacent to an activating group) is 1. The average molecular weight is 307 g/mol. The Morgan fingerprint density at radius 3 is 2.55 bits per heavy atom. The molecule has 0 heterocycles. The van der Waals surface area contributed by atoms with Gasteiger partial charge in [0.25, 0.3) is 0 Å². The summed E-state index contributed by atoms with van der Waals surface area (Å²) < 4.78 is 4.90. The third kappa shape index (κ3) is 5.13. The molecular weight excluding hydrogens is 282 g/mol. The van der Waals surface area contributed by atoms with Crippen LogP contribution < -0.4 is 11.1 Å². The van der Waals surface area contributed by atoms with Crippen LogP contribution in [0.4, 0.5) is 0 Å². The number of methoxy groups -OCH3 is 1. The summed E-state index contributed by atoms with van der Waals surface area (Å²) in [7, 11) is 3.19. The van der Waals surface area contributed by atoms with Gasteiger partial charge in [0.05, 0.1) is 6.54 Å². The van der Waals surface area contributed by atoms with Gasteiger partial charge in [-0.15, -0.1) is 0 Å². The maximum absolute atomic E-state index is 12.5. The Labute approximate surface area is 131 Å². The van der Waals surface area contributed by atoms with Gasteiger partial charge >= 0.3 is 0 Å². The zero-order chi connectivity index (χ0) is 16.6. The lowest BCUT2D eigenvalue weighted by Crippen LogP contribution is -2.51. The predicted molar refractivity (Wildman–Crippen MR) is 85.1 cm³/mol. The van der Waals surface area contributed by atoms with E-state index < -0.39 is 5.54 Å². The van der Waals surface area contributed by atoms with E-state index in [-0.39, 0.29) is 18.4 Å². The third-order valence-corrected chi connectivity index (χ3v) is 3.39. The van der Waals surface area contributed by atoms with E-state index in [1.165, 1.54) is 4.90 Å². The number of hydrogen-bond acceptors (Lipinski definition) is 4. The number of rotatable bonds is 8. The standard InChI is InChI=1S/C16H25N3O3/c1-16(17,13-8-5-4-6-9-13)15(21)19(2)12-14(20)18-10-7-11-22-3/h4-6,8-9H,7,10-12,17H2,1-3H3,(H,18,20). The van der Waals surface area contributed by atoms with Crippen LogP contribution in [0, 0.1) is 0 Å². The molecule has 1 aromatic rings. The molecule has 6 nitrogen and oxygen atoms in total. The molecule has 2 amide bonds. The summed E-state index contributed by atoms with van der Waals surface area (Å²) >= 11 is 0. The Morgan fingerprint density at radius 1 is 1.32 bits per heavy atom. The summed E-state index contributed by atoms with van der Waals surface area (Å²) in [5.74, 6) is -0.512. The van der Waals surface area contributed by atoms with Gasteiger partial charge < -0.3 is 20.7 Å². The topological polar surface area (TPSA) is 84.7 Å². The molecule has 0 radical (unpaired) electrons. The monoisotopic (exact) mass is 307 g/mol. The van der Waals surface area contributed by atoms with Crippen molar-refractivity contribution in [2.45, 2.75) is 18.9 Å². The van der Waals surface area contributed by atoms with Gasteiger partial charge in [0.2, 0.25) is 11.8 Å². The van der Waals surface area contributed by atoms with Crippen LogP contribution in [0.15, 0.2) is 30.3 Å². The lowest BCUT2D eigenvalue weighted by molar-refractivity contribution is -0.139. The number of hydrogen-bond donors (Lipinski definition) is 2. The zero-order valence-electron chi connectivity index (χ0n) is 13.5. The molecule has 22 heavy (non-hydrogen) atoms. The summed E-state index contributed by atoms with van der Waals surface area (Å²) in [6, 6.07) is 9.13. The minimum absolute atomic E-state index is 0.0224. The van der Waals surface area contributed by atoms with E-state index in [4.69, 9.17) is 10.5 Å². The molecule has 1 atom stereocenters. The first-order valence-electron chi connectivity index (χ1n) is 7.25. The van der Waals surface area contributed by atoms with Crippen molar-refractivity contribution in [1.82, 2.24) is 10.2 Å². The molecule has 0 saturated heterocycles. The first-order valence-corrected chi connectivity index (χ1v) is 7.25. The molecule has 0 spiro atoms. The Hall–Kier alpha value is -1.92. The molecule has 122 valence electrons. The van der Waals surface area contributed by atoms with E-state index in [1.807, 2.05) is 18.2 Å². The normalized spacial score (nSPS) is 13.3. The van der Waals surface area contributed by atoms with Gasteiger partial charge in [-0.05, 0) is 18.9 Å². The van der Waals surface area contributed by atoms with Crippen LogP contribution in [0.2, 0.25) is 0 Å². The molecule has 1 unspecified atom stereocenters. The van der Waals surface area contributed by atoms with Gasteiger partial charge in [-0.2, -0.15) is 0 Å². The van der Waals surface area contributed by atoms with E-state index in [1.54, 1.807) is 33.2 Å². The molecule has 0 aromatic heterocycles. The maximum Gasteiger partial charge on any atom is 0.247 e. The zero-order valence-corrected chi connectivity index (χ0v) is 13.5. The van der Waals surface area contributed by atoms with E-state index in [0.29, 0.717) is 18.7 Å². The van der Waals surface area contributed by atoms with E-state index >= 15 is 0 Å². The van der Waals surface area contributed by atoms with Gasteiger partial charge in [0, 0.05) is 27.3 Å². The lowest BCUT2D eigenvalue weighted by Gasteiger charge is -2.29. The highest BCUT2D eigenvalue weighted by Crippen LogP contribution is 2.19. The van der Waals surface area contributed by atoms with E-state index in [0.717, 1.165) is 6.42 Å². The highest BCUT2D eigenvalue weighted by atomic mass is 16.5. The fourth-order valence-electron chi connectivity index (χ4n) is 2.09. The minimum Gasteiger partial charge on any atom is -0.385 e. The summed E-state index contributed by atoms with van der Waals surface area (Å²) in [6.45, 7) is 2.74. The predicted octanol–water partition coefficient (Wildman–Crippen LogP) is 0.472. The summed E-state index contributed by atoms with van der Waals surface area (Å²) in [5.41, 5.74) is 5.71. The van der Waals surface area contributed by atoms with Gasteiger partial charge in [0.1, 0.15) is 5.54 Å². The summed E-state index contributed by atoms with van der Waals surface area (Å²) in [5, 5.41) is 2.74. The fourth-order valence-corrected chi connectivity index (χ4v) is 2.09. The molecular formula is C16H25N3O3. The second-order valence-electron chi connectivity index (χ2n) is 5.43. The highest BCUT2D eigenvalue weighted by molar-refractivity contribution is 5.90. The second kappa shape index (κ2) is 8.51. The Morgan fingerprint density at radius 2 is 1.95 bits per heavy atom. The first-order chi connectivity index (χ1) is 10.4. The quantitative estimate of drug-likeness (QED) is 0.684. The van der Waals surface area contributed by atoms with Crippen molar-refractivity contribution >= 4 is 11.8 Å². The van der Waals surface area contributed by atoms with Gasteiger partial charge in [0.15, 0.2) is 0 Å². The number of benzene rings is 1. The summed E-state index contributed by atoms with van der Waals surface area (Å²) in [4.78, 5) is 25.6. The third-order valence-electron chi connectivity index (χ3n) is 3.39. The Balaban J connectivity index is 2.55. The van der Waals surface area contributed by atoms with Crippen LogP contribution in [0.1, 0.15) is 18.9 Å². The first kappa shape index (κ1) is 18.1. The lowest BCUT2D eigenvalue weighted by atomic mass is 9.92. The van der Waals surface area contributed by atoms with Crippen molar-refractivity contribution in [2.75, 3.05) is 33.9 Å². The van der Waals surface area contributed by atoms with Crippen LogP contribution in [-0.2, 0) is 19.9 Å². The van der Waals surface area contributed by atoms with Crippen LogP contribution >= 0.6 is 0 Å². The van der Waals surface area contributed by atoms with Gasteiger partial charge in [-0.25, -0.2) is 0 Å². The molecule has 0 aliphatic heterocycles. The number of carbonyl (C=O) groups excluding carboxylic acids is 2. The Kier molecular flexibility index (Phi) is 7.01. The number of carbonyl (C=O) groups is 2. The molecule has 1 aromatic carbocycles. The van der Waals surface area contributed by atoms with Crippen molar-refractivity contribution in [3.8, 4) is 0 Å². The van der Waals surface area contributed by atoms with Crippen LogP contribution in [0.5, 0.6) is 0 Å². The molecule has 0 bridgehead atoms. The van der Waals surface area contributed by atoms with Crippen molar-refractivity contribution in [1.29, 1.82) is 0 Å². The van der Waals surface area contributed by atoms with Crippen LogP contribution in [0.25, 0.3) is 0 Å². The molecule has 3 N–H and O–H groups in total. The van der Waals surface area contributed by atoms with E-state index in [2.05, 4.69) is 5.32 Å². The second-order valence-corrected chi connectivity index (χ2v) is 5.43. The number of amides is 2. The number of nitrogens with one attached hydrogen (secondary N) is 1. The van der Waals surface area contributed by atoms with Crippen molar-refractivity contribution < 1.29 is 14.3 Å². The molecule has 0 aliphatic rings. The van der Waals surface area contributed by atoms with Crippen LogP contribution in [0.3, 0.4) is 0 Å². The van der Waals surface area contributed by atoms with Crippen LogP contribution in [-0.4, -0.2) is 50.6 Å². The maximum atomic E-state index is 12.5. The fraction of sp³-hybridized carbons (Fsp3) is 0.500. The van der Waals surface area contributed by atoms with Gasteiger partial charge in [-0.1, -0.05) is 30.3 Å². The van der Waals surface area contributed by atoms with Crippen molar-refractivity contribution in [3.05, 3.63) is 35.9 Å². The largest absolute Gasteiger partial charge is 0.385 e. The highest BCUT2D eigenvalue weighted by Gasteiger charge is 2.33. The number of ether oxygens (including phenoxy) is 1. The van der Waals surface area contributed by atoms with Crippen molar-refractivity contribution in [2.24, 2.45) is 5.73 Å². The summed E-state index contributed by atoms with van der Waals surface area (Å²) in [6.07, 6.45) is 0.735. The molecule has 0 fully saturated rings. The molecule has 0 aliphatic carbocycles. The number of nitrogens with two attached hydrogens (primary N) is 1.